The minimum atomic E-state index is -4.91. The van der Waals surface area contributed by atoms with Gasteiger partial charge in [0.15, 0.2) is 11.2 Å². The van der Waals surface area contributed by atoms with Crippen LogP contribution in [0.4, 0.5) is 13.2 Å². The van der Waals surface area contributed by atoms with Gasteiger partial charge in [-0.15, -0.1) is 13.2 Å². The van der Waals surface area contributed by atoms with E-state index >= 15 is 0 Å². The number of rotatable bonds is 8. The topological polar surface area (TPSA) is 107 Å². The number of hydrogen-bond acceptors (Lipinski definition) is 7. The molecule has 0 radical (unpaired) electrons. The zero-order valence-electron chi connectivity index (χ0n) is 20.0. The molecule has 0 saturated carbocycles. The summed E-state index contributed by atoms with van der Waals surface area (Å²) in [4.78, 5) is 42.7. The molecular formula is C24H20ClF3N4O6. The van der Waals surface area contributed by atoms with Crippen LogP contribution in [-0.2, 0) is 29.7 Å². The molecule has 4 rings (SSSR count). The van der Waals surface area contributed by atoms with Crippen molar-refractivity contribution >= 4 is 28.7 Å². The van der Waals surface area contributed by atoms with Crippen LogP contribution < -0.4 is 20.7 Å². The molecule has 0 N–H and O–H groups in total. The summed E-state index contributed by atoms with van der Waals surface area (Å²) in [6, 6.07) is 11.2. The lowest BCUT2D eigenvalue weighted by Crippen LogP contribution is -2.41. The molecule has 0 bridgehead atoms. The Morgan fingerprint density at radius 1 is 1.05 bits per heavy atom. The van der Waals surface area contributed by atoms with Gasteiger partial charge in [0.1, 0.15) is 18.0 Å². The van der Waals surface area contributed by atoms with Crippen LogP contribution in [0.1, 0.15) is 12.5 Å². The zero-order chi connectivity index (χ0) is 27.6. The van der Waals surface area contributed by atoms with Gasteiger partial charge >= 0.3 is 24.0 Å². The van der Waals surface area contributed by atoms with Gasteiger partial charge in [-0.2, -0.15) is 4.98 Å². The molecule has 0 aliphatic rings. The Morgan fingerprint density at radius 3 is 2.39 bits per heavy atom. The zero-order valence-corrected chi connectivity index (χ0v) is 20.7. The fourth-order valence-electron chi connectivity index (χ4n) is 3.66. The average Bonchev–Trinajstić information content (AvgIpc) is 3.19. The minimum absolute atomic E-state index is 0.00853. The molecule has 0 atom stereocenters. The molecule has 2 aromatic heterocycles. The molecule has 0 spiro atoms. The summed E-state index contributed by atoms with van der Waals surface area (Å²) in [5.74, 6) is -1.39. The largest absolute Gasteiger partial charge is 0.573 e. The quantitative estimate of drug-likeness (QED) is 0.306. The number of benzene rings is 2. The van der Waals surface area contributed by atoms with Crippen LogP contribution in [0.3, 0.4) is 0 Å². The van der Waals surface area contributed by atoms with Crippen LogP contribution in [0.15, 0.2) is 58.1 Å². The molecule has 38 heavy (non-hydrogen) atoms. The van der Waals surface area contributed by atoms with Crippen LogP contribution >= 0.6 is 11.6 Å². The number of carbonyl (C=O) groups excluding carboxylic acids is 1. The van der Waals surface area contributed by atoms with Gasteiger partial charge in [0, 0.05) is 18.1 Å². The number of alkyl halides is 3. The normalized spacial score (nSPS) is 11.5. The number of hydrogen-bond donors (Lipinski definition) is 0. The Balaban J connectivity index is 1.87. The van der Waals surface area contributed by atoms with Crippen molar-refractivity contribution in [3.8, 4) is 17.5 Å². The third kappa shape index (κ3) is 5.83. The maximum atomic E-state index is 13.4. The van der Waals surface area contributed by atoms with E-state index < -0.39 is 35.9 Å². The number of aromatic nitrogens is 4. The van der Waals surface area contributed by atoms with E-state index in [2.05, 4.69) is 9.72 Å². The van der Waals surface area contributed by atoms with Crippen molar-refractivity contribution in [3.05, 3.63) is 80.0 Å². The first-order valence-electron chi connectivity index (χ1n) is 11.1. The van der Waals surface area contributed by atoms with Gasteiger partial charge in [-0.05, 0) is 36.8 Å². The predicted molar refractivity (Wildman–Crippen MR) is 130 cm³/mol. The lowest BCUT2D eigenvalue weighted by Gasteiger charge is -2.12. The Bertz CT molecular complexity index is 1610. The molecule has 0 fully saturated rings. The molecule has 0 unspecified atom stereocenters. The van der Waals surface area contributed by atoms with Crippen molar-refractivity contribution < 1.29 is 32.2 Å². The van der Waals surface area contributed by atoms with Crippen molar-refractivity contribution in [1.82, 2.24) is 18.7 Å². The first-order valence-corrected chi connectivity index (χ1v) is 11.5. The molecule has 10 nitrogen and oxygen atoms in total. The highest BCUT2D eigenvalue weighted by atomic mass is 35.5. The summed E-state index contributed by atoms with van der Waals surface area (Å²) in [7, 11) is 1.35. The maximum Gasteiger partial charge on any atom is 0.573 e. The highest BCUT2D eigenvalue weighted by Crippen LogP contribution is 2.30. The molecule has 4 aromatic rings. The first kappa shape index (κ1) is 26.8. The summed E-state index contributed by atoms with van der Waals surface area (Å²) in [6.07, 6.45) is -4.91. The van der Waals surface area contributed by atoms with E-state index in [1.807, 2.05) is 0 Å². The van der Waals surface area contributed by atoms with Gasteiger partial charge in [-0.1, -0.05) is 29.8 Å². The Hall–Kier alpha value is -4.26. The third-order valence-corrected chi connectivity index (χ3v) is 5.54. The summed E-state index contributed by atoms with van der Waals surface area (Å²) in [5.41, 5.74) is -1.13. The van der Waals surface area contributed by atoms with Crippen molar-refractivity contribution in [2.45, 2.75) is 26.4 Å². The van der Waals surface area contributed by atoms with E-state index in [0.717, 1.165) is 16.7 Å². The predicted octanol–water partition coefficient (Wildman–Crippen LogP) is 3.85. The lowest BCUT2D eigenvalue weighted by atomic mass is 10.2. The summed E-state index contributed by atoms with van der Waals surface area (Å²) >= 11 is 5.98. The molecule has 14 heteroatoms. The number of halogens is 4. The van der Waals surface area contributed by atoms with Crippen LogP contribution in [0.5, 0.6) is 17.5 Å². The van der Waals surface area contributed by atoms with Crippen LogP contribution in [0.25, 0.3) is 11.2 Å². The molecular weight excluding hydrogens is 533 g/mol. The van der Waals surface area contributed by atoms with Gasteiger partial charge in [0.25, 0.3) is 5.56 Å². The lowest BCUT2D eigenvalue weighted by molar-refractivity contribution is -0.274. The van der Waals surface area contributed by atoms with E-state index in [0.29, 0.717) is 15.2 Å². The van der Waals surface area contributed by atoms with Crippen LogP contribution in [0, 0.1) is 0 Å². The highest BCUT2D eigenvalue weighted by molar-refractivity contribution is 6.30. The van der Waals surface area contributed by atoms with Gasteiger partial charge in [-0.3, -0.25) is 18.7 Å². The van der Waals surface area contributed by atoms with E-state index in [1.165, 1.54) is 23.7 Å². The number of carbonyl (C=O) groups is 1. The van der Waals surface area contributed by atoms with Crippen LogP contribution in [-0.4, -0.2) is 37.6 Å². The molecule has 2 heterocycles. The summed E-state index contributed by atoms with van der Waals surface area (Å²) in [6.45, 7) is 1.02. The van der Waals surface area contributed by atoms with Crippen molar-refractivity contribution in [2.75, 3.05) is 6.61 Å². The van der Waals surface area contributed by atoms with Gasteiger partial charge < -0.3 is 14.2 Å². The second-order valence-electron chi connectivity index (χ2n) is 7.94. The van der Waals surface area contributed by atoms with Gasteiger partial charge in [0.05, 0.1) is 13.2 Å². The number of ether oxygens (including phenoxy) is 3. The fraction of sp³-hybridized carbons (Fsp3) is 0.250. The van der Waals surface area contributed by atoms with Crippen molar-refractivity contribution in [2.24, 2.45) is 7.05 Å². The number of aryl methyl sites for hydroxylation is 1. The van der Waals surface area contributed by atoms with Crippen LogP contribution in [0.2, 0.25) is 5.02 Å². The van der Waals surface area contributed by atoms with Gasteiger partial charge in [0.2, 0.25) is 0 Å². The third-order valence-electron chi connectivity index (χ3n) is 5.29. The van der Waals surface area contributed by atoms with E-state index in [4.69, 9.17) is 21.1 Å². The molecule has 0 aliphatic carbocycles. The van der Waals surface area contributed by atoms with Crippen molar-refractivity contribution in [3.63, 3.8) is 0 Å². The molecule has 2 aromatic carbocycles. The summed E-state index contributed by atoms with van der Waals surface area (Å²) in [5, 5.41) is 0.474. The first-order chi connectivity index (χ1) is 18.0. The minimum Gasteiger partial charge on any atom is -0.465 e. The van der Waals surface area contributed by atoms with E-state index in [9.17, 15) is 27.6 Å². The number of fused-ring (bicyclic) bond motifs is 1. The summed E-state index contributed by atoms with van der Waals surface area (Å²) < 4.78 is 55.8. The Labute approximate surface area is 217 Å². The number of imidazole rings is 1. The molecule has 200 valence electrons. The second kappa shape index (κ2) is 10.6. The highest BCUT2D eigenvalue weighted by Gasteiger charge is 2.31. The Kier molecular flexibility index (Phi) is 7.49. The molecule has 0 aliphatic heterocycles. The van der Waals surface area contributed by atoms with Crippen molar-refractivity contribution in [1.29, 1.82) is 0 Å². The second-order valence-corrected chi connectivity index (χ2v) is 8.38. The maximum absolute atomic E-state index is 13.4. The molecule has 0 amide bonds. The number of nitrogens with zero attached hydrogens (tertiary/aromatic N) is 4. The SMILES string of the molecule is CCOC(=O)Cn1c(=O)c2c(nc(Oc3cccc(OC(F)(F)F)c3)n2Cc2ccc(Cl)cc2)n(C)c1=O. The fourth-order valence-corrected chi connectivity index (χ4v) is 3.79. The van der Waals surface area contributed by atoms with E-state index in [-0.39, 0.29) is 36.1 Å². The molecule has 0 saturated heterocycles. The average molecular weight is 553 g/mol. The van der Waals surface area contributed by atoms with Gasteiger partial charge in [-0.25, -0.2) is 9.36 Å². The Morgan fingerprint density at radius 2 is 1.74 bits per heavy atom. The monoisotopic (exact) mass is 552 g/mol. The smallest absolute Gasteiger partial charge is 0.465 e. The number of esters is 1. The van der Waals surface area contributed by atoms with E-state index in [1.54, 1.807) is 31.2 Å². The standard InChI is InChI=1S/C24H20ClF3N4O6/c1-3-36-18(33)13-32-21(34)19-20(30(2)23(32)35)29-22(31(19)12-14-7-9-15(25)10-8-14)37-16-5-4-6-17(11-16)38-24(26,27)28/h4-11H,3,12-13H2,1-2H3.